The zero-order valence-corrected chi connectivity index (χ0v) is 10.1. The summed E-state index contributed by atoms with van der Waals surface area (Å²) in [6, 6.07) is 9.88. The third kappa shape index (κ3) is 3.35. The van der Waals surface area contributed by atoms with Crippen molar-refractivity contribution in [3.05, 3.63) is 59.7 Å². The van der Waals surface area contributed by atoms with Crippen LogP contribution in [0.15, 0.2) is 42.6 Å². The number of aromatic nitrogens is 1. The predicted molar refractivity (Wildman–Crippen MR) is 69.4 cm³/mol. The topological polar surface area (TPSA) is 62.2 Å². The SMILES string of the molecule is O=C(Nc1ccc(CCO)cc1)c1cccnc1F. The number of benzene rings is 1. The molecule has 0 fully saturated rings. The summed E-state index contributed by atoms with van der Waals surface area (Å²) in [6.45, 7) is 0.0760. The molecular formula is C14H13FN2O2. The van der Waals surface area contributed by atoms with Crippen LogP contribution >= 0.6 is 0 Å². The molecule has 19 heavy (non-hydrogen) atoms. The van der Waals surface area contributed by atoms with Crippen molar-refractivity contribution >= 4 is 11.6 Å². The van der Waals surface area contributed by atoms with Gasteiger partial charge in [-0.1, -0.05) is 12.1 Å². The van der Waals surface area contributed by atoms with Gasteiger partial charge in [-0.25, -0.2) is 4.98 Å². The monoisotopic (exact) mass is 260 g/mol. The molecule has 2 aromatic rings. The second-order valence-corrected chi connectivity index (χ2v) is 3.97. The number of rotatable bonds is 4. The summed E-state index contributed by atoms with van der Waals surface area (Å²) < 4.78 is 13.3. The quantitative estimate of drug-likeness (QED) is 0.827. The Kier molecular flexibility index (Phi) is 4.20. The molecule has 2 N–H and O–H groups in total. The summed E-state index contributed by atoms with van der Waals surface area (Å²) >= 11 is 0. The molecule has 0 aliphatic carbocycles. The maximum absolute atomic E-state index is 13.3. The number of hydrogen-bond acceptors (Lipinski definition) is 3. The number of amides is 1. The maximum Gasteiger partial charge on any atom is 0.260 e. The van der Waals surface area contributed by atoms with Gasteiger partial charge in [-0.3, -0.25) is 4.79 Å². The van der Waals surface area contributed by atoms with Crippen molar-refractivity contribution in [2.24, 2.45) is 0 Å². The van der Waals surface area contributed by atoms with Crippen molar-refractivity contribution in [2.45, 2.75) is 6.42 Å². The van der Waals surface area contributed by atoms with E-state index in [1.54, 1.807) is 24.3 Å². The number of carbonyl (C=O) groups excluding carboxylic acids is 1. The first-order valence-electron chi connectivity index (χ1n) is 5.82. The molecule has 98 valence electrons. The predicted octanol–water partition coefficient (Wildman–Crippen LogP) is 2.01. The summed E-state index contributed by atoms with van der Waals surface area (Å²) in [7, 11) is 0. The van der Waals surface area contributed by atoms with Gasteiger partial charge in [0.15, 0.2) is 0 Å². The Bertz CT molecular complexity index is 570. The van der Waals surface area contributed by atoms with Crippen LogP contribution in [0.25, 0.3) is 0 Å². The number of hydrogen-bond donors (Lipinski definition) is 2. The average molecular weight is 260 g/mol. The first kappa shape index (κ1) is 13.2. The number of aliphatic hydroxyl groups excluding tert-OH is 1. The van der Waals surface area contributed by atoms with Crippen LogP contribution in [0.2, 0.25) is 0 Å². The van der Waals surface area contributed by atoms with Crippen LogP contribution in [0.3, 0.4) is 0 Å². The molecule has 1 aromatic carbocycles. The maximum atomic E-state index is 13.3. The molecule has 1 heterocycles. The van der Waals surface area contributed by atoms with E-state index < -0.39 is 11.9 Å². The van der Waals surface area contributed by atoms with Crippen molar-refractivity contribution in [2.75, 3.05) is 11.9 Å². The minimum atomic E-state index is -0.795. The molecular weight excluding hydrogens is 247 g/mol. The molecule has 0 atom stereocenters. The lowest BCUT2D eigenvalue weighted by Crippen LogP contribution is -2.14. The van der Waals surface area contributed by atoms with E-state index in [0.29, 0.717) is 12.1 Å². The van der Waals surface area contributed by atoms with Gasteiger partial charge in [0.05, 0.1) is 5.56 Å². The van der Waals surface area contributed by atoms with E-state index in [0.717, 1.165) is 5.56 Å². The molecule has 0 aliphatic rings. The highest BCUT2D eigenvalue weighted by atomic mass is 19.1. The molecule has 5 heteroatoms. The van der Waals surface area contributed by atoms with E-state index in [9.17, 15) is 9.18 Å². The third-order valence-corrected chi connectivity index (χ3v) is 2.62. The van der Waals surface area contributed by atoms with Crippen LogP contribution in [-0.2, 0) is 6.42 Å². The zero-order valence-electron chi connectivity index (χ0n) is 10.1. The number of halogens is 1. The van der Waals surface area contributed by atoms with Crippen LogP contribution in [-0.4, -0.2) is 22.6 Å². The fourth-order valence-corrected chi connectivity index (χ4v) is 1.64. The molecule has 0 radical (unpaired) electrons. The van der Waals surface area contributed by atoms with Gasteiger partial charge >= 0.3 is 0 Å². The molecule has 0 saturated carbocycles. The Labute approximate surface area is 109 Å². The number of aliphatic hydroxyl groups is 1. The number of carbonyl (C=O) groups is 1. The van der Waals surface area contributed by atoms with E-state index in [-0.39, 0.29) is 12.2 Å². The summed E-state index contributed by atoms with van der Waals surface area (Å²) in [5, 5.41) is 11.4. The normalized spacial score (nSPS) is 10.2. The zero-order chi connectivity index (χ0) is 13.7. The van der Waals surface area contributed by atoms with Gasteiger partial charge in [0.25, 0.3) is 5.91 Å². The minimum Gasteiger partial charge on any atom is -0.396 e. The fourth-order valence-electron chi connectivity index (χ4n) is 1.64. The number of nitrogens with zero attached hydrogens (tertiary/aromatic N) is 1. The lowest BCUT2D eigenvalue weighted by atomic mass is 10.1. The van der Waals surface area contributed by atoms with E-state index in [1.807, 2.05) is 0 Å². The molecule has 2 rings (SSSR count). The van der Waals surface area contributed by atoms with Crippen LogP contribution in [0, 0.1) is 5.95 Å². The van der Waals surface area contributed by atoms with Crippen LogP contribution in [0.4, 0.5) is 10.1 Å². The molecule has 4 nitrogen and oxygen atoms in total. The van der Waals surface area contributed by atoms with E-state index in [2.05, 4.69) is 10.3 Å². The van der Waals surface area contributed by atoms with Gasteiger partial charge < -0.3 is 10.4 Å². The summed E-state index contributed by atoms with van der Waals surface area (Å²) in [6.07, 6.45) is 1.85. The highest BCUT2D eigenvalue weighted by molar-refractivity contribution is 6.04. The number of nitrogens with one attached hydrogen (secondary N) is 1. The van der Waals surface area contributed by atoms with E-state index in [4.69, 9.17) is 5.11 Å². The molecule has 1 amide bonds. The first-order valence-corrected chi connectivity index (χ1v) is 5.82. The minimum absolute atomic E-state index is 0.0760. The molecule has 0 bridgehead atoms. The number of pyridine rings is 1. The van der Waals surface area contributed by atoms with Gasteiger partial charge in [-0.2, -0.15) is 4.39 Å². The van der Waals surface area contributed by atoms with Crippen molar-refractivity contribution in [1.82, 2.24) is 4.98 Å². The second-order valence-electron chi connectivity index (χ2n) is 3.97. The number of anilines is 1. The van der Waals surface area contributed by atoms with Crippen molar-refractivity contribution < 1.29 is 14.3 Å². The summed E-state index contributed by atoms with van der Waals surface area (Å²) in [5.74, 6) is -1.34. The lowest BCUT2D eigenvalue weighted by molar-refractivity contribution is 0.102. The molecule has 0 unspecified atom stereocenters. The van der Waals surface area contributed by atoms with E-state index >= 15 is 0 Å². The highest BCUT2D eigenvalue weighted by Crippen LogP contribution is 2.12. The van der Waals surface area contributed by atoms with Gasteiger partial charge in [0, 0.05) is 18.5 Å². The van der Waals surface area contributed by atoms with E-state index in [1.165, 1.54) is 18.3 Å². The smallest absolute Gasteiger partial charge is 0.260 e. The summed E-state index contributed by atoms with van der Waals surface area (Å²) in [4.78, 5) is 15.2. The van der Waals surface area contributed by atoms with Crippen molar-refractivity contribution in [3.8, 4) is 0 Å². The third-order valence-electron chi connectivity index (χ3n) is 2.62. The standard InChI is InChI=1S/C14H13FN2O2/c15-13-12(2-1-8-16-13)14(19)17-11-5-3-10(4-6-11)7-9-18/h1-6,8,18H,7,9H2,(H,17,19). The van der Waals surface area contributed by atoms with Crippen molar-refractivity contribution in [1.29, 1.82) is 0 Å². The highest BCUT2D eigenvalue weighted by Gasteiger charge is 2.11. The Hall–Kier alpha value is -2.27. The van der Waals surface area contributed by atoms with Crippen LogP contribution in [0.5, 0.6) is 0 Å². The van der Waals surface area contributed by atoms with Gasteiger partial charge in [0.1, 0.15) is 0 Å². The Morgan fingerprint density at radius 3 is 2.63 bits per heavy atom. The largest absolute Gasteiger partial charge is 0.396 e. The first-order chi connectivity index (χ1) is 9.20. The fraction of sp³-hybridized carbons (Fsp3) is 0.143. The Morgan fingerprint density at radius 1 is 1.26 bits per heavy atom. The molecule has 0 saturated heterocycles. The van der Waals surface area contributed by atoms with Gasteiger partial charge in [0.2, 0.25) is 5.95 Å². The van der Waals surface area contributed by atoms with Gasteiger partial charge in [-0.05, 0) is 36.2 Å². The average Bonchev–Trinajstić information content (AvgIpc) is 2.42. The van der Waals surface area contributed by atoms with Gasteiger partial charge in [-0.15, -0.1) is 0 Å². The lowest BCUT2D eigenvalue weighted by Gasteiger charge is -2.06. The summed E-state index contributed by atoms with van der Waals surface area (Å²) in [5.41, 5.74) is 1.44. The Balaban J connectivity index is 2.09. The van der Waals surface area contributed by atoms with Crippen LogP contribution in [0.1, 0.15) is 15.9 Å². The molecule has 0 spiro atoms. The Morgan fingerprint density at radius 2 is 2.00 bits per heavy atom. The molecule has 0 aliphatic heterocycles. The van der Waals surface area contributed by atoms with Crippen LogP contribution < -0.4 is 5.32 Å². The second kappa shape index (κ2) is 6.06. The molecule has 1 aromatic heterocycles. The van der Waals surface area contributed by atoms with Crippen molar-refractivity contribution in [3.63, 3.8) is 0 Å².